The number of halogens is 4. The monoisotopic (exact) mass is 579 g/mol. The van der Waals surface area contributed by atoms with Crippen molar-refractivity contribution in [2.24, 2.45) is 5.73 Å². The first-order valence-corrected chi connectivity index (χ1v) is 12.2. The number of hydroxylamine groups is 2. The smallest absolute Gasteiger partial charge is 0.417 e. The molecule has 0 aliphatic rings. The summed E-state index contributed by atoms with van der Waals surface area (Å²) in [5, 5.41) is 14.9. The number of unbranched alkanes of at least 4 members (excludes halogenated alkanes) is 1. The third-order valence-electron chi connectivity index (χ3n) is 5.33. The number of benzene rings is 2. The number of carbonyl (C=O) groups excluding carboxylic acids is 3. The number of pyridine rings is 1. The second kappa shape index (κ2) is 13.6. The molecule has 0 atom stereocenters. The lowest BCUT2D eigenvalue weighted by Crippen LogP contribution is -2.27. The number of hydrogen-bond donors (Lipinski definition) is 4. The van der Waals surface area contributed by atoms with Crippen LogP contribution in [0.25, 0.3) is 0 Å². The number of nitrogens with one attached hydrogen (secondary N) is 2. The van der Waals surface area contributed by atoms with Gasteiger partial charge in [-0.15, -0.1) is 0 Å². The molecule has 14 heteroatoms. The third kappa shape index (κ3) is 9.43. The van der Waals surface area contributed by atoms with Crippen LogP contribution in [0.4, 0.5) is 29.3 Å². The Bertz CT molecular complexity index is 1360. The van der Waals surface area contributed by atoms with Gasteiger partial charge in [-0.05, 0) is 61.4 Å². The van der Waals surface area contributed by atoms with E-state index >= 15 is 0 Å². The molecule has 5 N–H and O–H groups in total. The number of aromatic nitrogens is 1. The van der Waals surface area contributed by atoms with Crippen LogP contribution in [0.3, 0.4) is 0 Å². The van der Waals surface area contributed by atoms with Crippen molar-refractivity contribution in [3.05, 3.63) is 77.1 Å². The molecule has 0 saturated heterocycles. The molecule has 4 amide bonds. The average molecular weight is 580 g/mol. The van der Waals surface area contributed by atoms with Crippen molar-refractivity contribution < 1.29 is 37.5 Å². The molecule has 212 valence electrons. The number of hydrogen-bond acceptors (Lipinski definition) is 6. The summed E-state index contributed by atoms with van der Waals surface area (Å²) >= 11 is 5.59. The van der Waals surface area contributed by atoms with E-state index in [0.29, 0.717) is 40.8 Å². The molecule has 40 heavy (non-hydrogen) atoms. The first kappa shape index (κ1) is 30.2. The Hall–Kier alpha value is -4.36. The number of alkyl halides is 3. The van der Waals surface area contributed by atoms with E-state index in [1.807, 2.05) is 0 Å². The van der Waals surface area contributed by atoms with Gasteiger partial charge < -0.3 is 21.1 Å². The molecule has 1 aromatic heterocycles. The second-order valence-electron chi connectivity index (χ2n) is 8.51. The number of amides is 4. The van der Waals surface area contributed by atoms with Crippen LogP contribution in [-0.2, 0) is 22.3 Å². The Morgan fingerprint density at radius 2 is 1.60 bits per heavy atom. The van der Waals surface area contributed by atoms with Crippen molar-refractivity contribution in [3.8, 4) is 11.5 Å². The summed E-state index contributed by atoms with van der Waals surface area (Å²) in [5.41, 5.74) is 4.60. The number of nitrogens with zero attached hydrogens (tertiary/aromatic N) is 2. The minimum absolute atomic E-state index is 0.0483. The van der Waals surface area contributed by atoms with Crippen LogP contribution in [0.1, 0.15) is 36.9 Å². The fraction of sp³-hybridized carbons (Fsp3) is 0.231. The molecule has 0 aliphatic carbocycles. The largest absolute Gasteiger partial charge is 0.457 e. The van der Waals surface area contributed by atoms with Crippen molar-refractivity contribution in [3.63, 3.8) is 0 Å². The van der Waals surface area contributed by atoms with E-state index in [1.165, 1.54) is 30.5 Å². The van der Waals surface area contributed by atoms with Crippen LogP contribution < -0.4 is 21.1 Å². The standard InChI is InChI=1S/C26H25ClF3N5O5/c27-22-10-7-17(14-21(22)26(28,29)30)34-25(38)33-16-5-8-19(9-6-16)40-20-11-12-32-18(13-20)15-35(39)24(37)4-2-1-3-23(31)36/h5-14,39H,1-4,15H2,(H2,31,36)(H2,33,34,38). The Labute approximate surface area is 231 Å². The predicted molar refractivity (Wildman–Crippen MR) is 140 cm³/mol. The van der Waals surface area contributed by atoms with Crippen LogP contribution in [0.5, 0.6) is 11.5 Å². The summed E-state index contributed by atoms with van der Waals surface area (Å²) in [5.74, 6) is -0.219. The van der Waals surface area contributed by atoms with Crippen LogP contribution >= 0.6 is 11.6 Å². The predicted octanol–water partition coefficient (Wildman–Crippen LogP) is 5.95. The Morgan fingerprint density at radius 3 is 2.27 bits per heavy atom. The number of ether oxygens (including phenoxy) is 1. The maximum atomic E-state index is 13.0. The lowest BCUT2D eigenvalue weighted by Gasteiger charge is -2.15. The molecule has 3 aromatic rings. The topological polar surface area (TPSA) is 147 Å². The number of rotatable bonds is 11. The summed E-state index contributed by atoms with van der Waals surface area (Å²) in [6, 6.07) is 11.5. The molecule has 0 bridgehead atoms. The normalized spacial score (nSPS) is 11.0. The van der Waals surface area contributed by atoms with E-state index in [4.69, 9.17) is 22.1 Å². The van der Waals surface area contributed by atoms with Gasteiger partial charge >= 0.3 is 12.2 Å². The molecule has 1 heterocycles. The van der Waals surface area contributed by atoms with E-state index in [0.717, 1.165) is 12.1 Å². The van der Waals surface area contributed by atoms with Crippen LogP contribution in [0.2, 0.25) is 5.02 Å². The Kier molecular flexibility index (Phi) is 10.3. The molecular formula is C26H25ClF3N5O5. The molecule has 0 aliphatic heterocycles. The zero-order valence-electron chi connectivity index (χ0n) is 20.9. The molecule has 10 nitrogen and oxygen atoms in total. The van der Waals surface area contributed by atoms with Gasteiger partial charge in [0.1, 0.15) is 11.5 Å². The second-order valence-corrected chi connectivity index (χ2v) is 8.91. The average Bonchev–Trinajstić information content (AvgIpc) is 2.88. The van der Waals surface area contributed by atoms with Gasteiger partial charge in [0, 0.05) is 36.5 Å². The summed E-state index contributed by atoms with van der Waals surface area (Å²) < 4.78 is 44.8. The van der Waals surface area contributed by atoms with Crippen molar-refractivity contribution in [1.82, 2.24) is 10.0 Å². The summed E-state index contributed by atoms with van der Waals surface area (Å²) in [6.45, 7) is -0.179. The number of anilines is 2. The summed E-state index contributed by atoms with van der Waals surface area (Å²) in [6.07, 6.45) is -2.16. The van der Waals surface area contributed by atoms with Crippen LogP contribution in [0.15, 0.2) is 60.8 Å². The Morgan fingerprint density at radius 1 is 0.950 bits per heavy atom. The third-order valence-corrected chi connectivity index (χ3v) is 5.66. The van der Waals surface area contributed by atoms with Gasteiger partial charge in [0.2, 0.25) is 11.8 Å². The number of carbonyl (C=O) groups is 3. The number of primary amides is 1. The van der Waals surface area contributed by atoms with Crippen LogP contribution in [0, 0.1) is 0 Å². The van der Waals surface area contributed by atoms with E-state index in [2.05, 4.69) is 15.6 Å². The highest BCUT2D eigenvalue weighted by molar-refractivity contribution is 6.31. The lowest BCUT2D eigenvalue weighted by atomic mass is 10.2. The van der Waals surface area contributed by atoms with E-state index in [9.17, 15) is 32.8 Å². The fourth-order valence-corrected chi connectivity index (χ4v) is 3.63. The zero-order chi connectivity index (χ0) is 29.3. The van der Waals surface area contributed by atoms with E-state index < -0.39 is 34.6 Å². The molecule has 0 saturated carbocycles. The van der Waals surface area contributed by atoms with E-state index in [-0.39, 0.29) is 25.1 Å². The molecule has 0 radical (unpaired) electrons. The minimum atomic E-state index is -4.67. The maximum Gasteiger partial charge on any atom is 0.417 e. The van der Waals surface area contributed by atoms with Crippen LogP contribution in [-0.4, -0.2) is 33.1 Å². The molecule has 0 unspecified atom stereocenters. The summed E-state index contributed by atoms with van der Waals surface area (Å²) in [4.78, 5) is 39.2. The highest BCUT2D eigenvalue weighted by Crippen LogP contribution is 2.36. The molecule has 2 aromatic carbocycles. The SMILES string of the molecule is NC(=O)CCCCC(=O)N(O)Cc1cc(Oc2ccc(NC(=O)Nc3ccc(Cl)c(C(F)(F)F)c3)cc2)ccn1. The van der Waals surface area contributed by atoms with Gasteiger partial charge in [-0.2, -0.15) is 13.2 Å². The minimum Gasteiger partial charge on any atom is -0.457 e. The maximum absolute atomic E-state index is 13.0. The molecule has 0 fully saturated rings. The lowest BCUT2D eigenvalue weighted by molar-refractivity contribution is -0.168. The van der Waals surface area contributed by atoms with Gasteiger partial charge in [-0.1, -0.05) is 11.6 Å². The van der Waals surface area contributed by atoms with Crippen molar-refractivity contribution >= 4 is 40.8 Å². The highest BCUT2D eigenvalue weighted by Gasteiger charge is 2.33. The van der Waals surface area contributed by atoms with Gasteiger partial charge in [-0.3, -0.25) is 19.8 Å². The first-order chi connectivity index (χ1) is 18.9. The summed E-state index contributed by atoms with van der Waals surface area (Å²) in [7, 11) is 0. The fourth-order valence-electron chi connectivity index (χ4n) is 3.41. The highest BCUT2D eigenvalue weighted by atomic mass is 35.5. The zero-order valence-corrected chi connectivity index (χ0v) is 21.6. The number of urea groups is 1. The number of nitrogens with two attached hydrogens (primary N) is 1. The van der Waals surface area contributed by atoms with Crippen molar-refractivity contribution in [2.75, 3.05) is 10.6 Å². The van der Waals surface area contributed by atoms with Crippen molar-refractivity contribution in [2.45, 2.75) is 38.4 Å². The van der Waals surface area contributed by atoms with Gasteiger partial charge in [-0.25, -0.2) is 9.86 Å². The van der Waals surface area contributed by atoms with Gasteiger partial charge in [0.05, 0.1) is 22.8 Å². The quantitative estimate of drug-likeness (QED) is 0.125. The van der Waals surface area contributed by atoms with Crippen molar-refractivity contribution in [1.29, 1.82) is 0 Å². The molecular weight excluding hydrogens is 555 g/mol. The van der Waals surface area contributed by atoms with E-state index in [1.54, 1.807) is 18.2 Å². The Balaban J connectivity index is 1.52. The van der Waals surface area contributed by atoms with Gasteiger partial charge in [0.25, 0.3) is 0 Å². The van der Waals surface area contributed by atoms with Gasteiger partial charge in [0.15, 0.2) is 0 Å². The molecule has 3 rings (SSSR count). The molecule has 0 spiro atoms. The first-order valence-electron chi connectivity index (χ1n) is 11.9.